The van der Waals surface area contributed by atoms with Crippen LogP contribution in [0.25, 0.3) is 0 Å². The average molecular weight is 266 g/mol. The number of aromatic amines is 1. The SMILES string of the molecule is Cc1n[nH]c(C)c1NC(=O)c1c(F)ccc(N)c1F. The first-order valence-corrected chi connectivity index (χ1v) is 5.48. The van der Waals surface area contributed by atoms with E-state index in [2.05, 4.69) is 15.5 Å². The van der Waals surface area contributed by atoms with Gasteiger partial charge in [0.25, 0.3) is 5.91 Å². The van der Waals surface area contributed by atoms with Crippen LogP contribution in [0.3, 0.4) is 0 Å². The summed E-state index contributed by atoms with van der Waals surface area (Å²) in [5.41, 5.74) is 5.84. The number of rotatable bonds is 2. The summed E-state index contributed by atoms with van der Waals surface area (Å²) < 4.78 is 27.2. The maximum Gasteiger partial charge on any atom is 0.261 e. The molecule has 0 atom stereocenters. The summed E-state index contributed by atoms with van der Waals surface area (Å²) in [5, 5.41) is 8.95. The van der Waals surface area contributed by atoms with E-state index in [1.165, 1.54) is 0 Å². The number of hydrogen-bond donors (Lipinski definition) is 3. The van der Waals surface area contributed by atoms with Crippen molar-refractivity contribution in [2.75, 3.05) is 11.1 Å². The number of benzene rings is 1. The van der Waals surface area contributed by atoms with Crippen LogP contribution in [0.1, 0.15) is 21.7 Å². The quantitative estimate of drug-likeness (QED) is 0.728. The van der Waals surface area contributed by atoms with Crippen molar-refractivity contribution in [2.24, 2.45) is 0 Å². The summed E-state index contributed by atoms with van der Waals surface area (Å²) in [7, 11) is 0. The molecule has 0 bridgehead atoms. The molecule has 7 heteroatoms. The molecule has 5 nitrogen and oxygen atoms in total. The number of carbonyl (C=O) groups is 1. The van der Waals surface area contributed by atoms with Crippen molar-refractivity contribution in [3.05, 3.63) is 40.7 Å². The second-order valence-corrected chi connectivity index (χ2v) is 4.09. The second kappa shape index (κ2) is 4.68. The van der Waals surface area contributed by atoms with Gasteiger partial charge in [-0.1, -0.05) is 0 Å². The van der Waals surface area contributed by atoms with Gasteiger partial charge >= 0.3 is 0 Å². The molecule has 0 aliphatic rings. The van der Waals surface area contributed by atoms with Gasteiger partial charge in [-0.05, 0) is 26.0 Å². The standard InChI is InChI=1S/C12H12F2N4O/c1-5-11(6(2)18-17-5)16-12(19)9-7(13)3-4-8(15)10(9)14/h3-4H,15H2,1-2H3,(H,16,19)(H,17,18). The molecular formula is C12H12F2N4O. The number of nitrogens with one attached hydrogen (secondary N) is 2. The van der Waals surface area contributed by atoms with E-state index < -0.39 is 23.1 Å². The number of nitrogen functional groups attached to an aromatic ring is 1. The van der Waals surface area contributed by atoms with Gasteiger partial charge in [-0.25, -0.2) is 8.78 Å². The van der Waals surface area contributed by atoms with Crippen LogP contribution >= 0.6 is 0 Å². The lowest BCUT2D eigenvalue weighted by Gasteiger charge is -2.08. The van der Waals surface area contributed by atoms with Gasteiger partial charge in [-0.3, -0.25) is 9.89 Å². The molecule has 0 saturated carbocycles. The number of nitrogens with two attached hydrogens (primary N) is 1. The summed E-state index contributed by atoms with van der Waals surface area (Å²) in [6.07, 6.45) is 0. The molecule has 0 aliphatic heterocycles. The van der Waals surface area contributed by atoms with Gasteiger partial charge in [0.05, 0.1) is 22.8 Å². The molecule has 0 saturated heterocycles. The average Bonchev–Trinajstić information content (AvgIpc) is 2.66. The van der Waals surface area contributed by atoms with Crippen molar-refractivity contribution in [3.63, 3.8) is 0 Å². The first kappa shape index (κ1) is 13.0. The fourth-order valence-corrected chi connectivity index (χ4v) is 1.69. The van der Waals surface area contributed by atoms with E-state index in [1.807, 2.05) is 0 Å². The Bertz CT molecular complexity index is 632. The highest BCUT2D eigenvalue weighted by molar-refractivity contribution is 6.05. The van der Waals surface area contributed by atoms with Crippen molar-refractivity contribution in [1.82, 2.24) is 10.2 Å². The van der Waals surface area contributed by atoms with E-state index in [9.17, 15) is 13.6 Å². The largest absolute Gasteiger partial charge is 0.396 e. The Balaban J connectivity index is 2.39. The predicted molar refractivity (Wildman–Crippen MR) is 66.8 cm³/mol. The minimum Gasteiger partial charge on any atom is -0.396 e. The van der Waals surface area contributed by atoms with E-state index in [0.717, 1.165) is 12.1 Å². The van der Waals surface area contributed by atoms with E-state index in [4.69, 9.17) is 5.73 Å². The van der Waals surface area contributed by atoms with E-state index >= 15 is 0 Å². The molecule has 19 heavy (non-hydrogen) atoms. The number of aryl methyl sites for hydroxylation is 2. The van der Waals surface area contributed by atoms with Gasteiger partial charge in [-0.2, -0.15) is 5.10 Å². The van der Waals surface area contributed by atoms with Crippen LogP contribution in [0.15, 0.2) is 12.1 Å². The zero-order valence-corrected chi connectivity index (χ0v) is 10.3. The van der Waals surface area contributed by atoms with Crippen molar-refractivity contribution >= 4 is 17.3 Å². The van der Waals surface area contributed by atoms with Crippen LogP contribution < -0.4 is 11.1 Å². The molecule has 1 amide bonds. The monoisotopic (exact) mass is 266 g/mol. The maximum absolute atomic E-state index is 13.7. The number of nitrogens with zero attached hydrogens (tertiary/aromatic N) is 1. The fraction of sp³-hybridized carbons (Fsp3) is 0.167. The lowest BCUT2D eigenvalue weighted by atomic mass is 10.1. The molecule has 0 radical (unpaired) electrons. The van der Waals surface area contributed by atoms with Gasteiger partial charge in [-0.15, -0.1) is 0 Å². The molecule has 1 heterocycles. The van der Waals surface area contributed by atoms with Crippen molar-refractivity contribution in [2.45, 2.75) is 13.8 Å². The first-order chi connectivity index (χ1) is 8.91. The van der Waals surface area contributed by atoms with Gasteiger partial charge in [0.2, 0.25) is 0 Å². The summed E-state index contributed by atoms with van der Waals surface area (Å²) >= 11 is 0. The summed E-state index contributed by atoms with van der Waals surface area (Å²) in [6, 6.07) is 2.01. The smallest absolute Gasteiger partial charge is 0.261 e. The minimum absolute atomic E-state index is 0.285. The van der Waals surface area contributed by atoms with E-state index in [1.54, 1.807) is 13.8 Å². The van der Waals surface area contributed by atoms with Gasteiger partial charge < -0.3 is 11.1 Å². The van der Waals surface area contributed by atoms with Crippen LogP contribution in [-0.2, 0) is 0 Å². The van der Waals surface area contributed by atoms with Crippen LogP contribution in [0.2, 0.25) is 0 Å². The minimum atomic E-state index is -1.07. The molecule has 1 aromatic carbocycles. The summed E-state index contributed by atoms with van der Waals surface area (Å²) in [5.74, 6) is -2.95. The van der Waals surface area contributed by atoms with Crippen LogP contribution in [0.5, 0.6) is 0 Å². The fourth-order valence-electron chi connectivity index (χ4n) is 1.69. The molecule has 0 unspecified atom stereocenters. The molecule has 1 aromatic heterocycles. The highest BCUT2D eigenvalue weighted by Crippen LogP contribution is 2.22. The van der Waals surface area contributed by atoms with E-state index in [0.29, 0.717) is 17.1 Å². The maximum atomic E-state index is 13.7. The third-order valence-electron chi connectivity index (χ3n) is 2.71. The topological polar surface area (TPSA) is 83.8 Å². The lowest BCUT2D eigenvalue weighted by molar-refractivity contribution is 0.101. The number of amides is 1. The van der Waals surface area contributed by atoms with Crippen LogP contribution in [0, 0.1) is 25.5 Å². The predicted octanol–water partition coefficient (Wildman–Crippen LogP) is 2.14. The van der Waals surface area contributed by atoms with Crippen molar-refractivity contribution in [3.8, 4) is 0 Å². The number of carbonyl (C=O) groups excluding carboxylic acids is 1. The first-order valence-electron chi connectivity index (χ1n) is 5.48. The highest BCUT2D eigenvalue weighted by atomic mass is 19.1. The Hall–Kier alpha value is -2.44. The number of anilines is 2. The molecule has 0 aliphatic carbocycles. The highest BCUT2D eigenvalue weighted by Gasteiger charge is 2.21. The molecule has 4 N–H and O–H groups in total. The molecule has 0 fully saturated rings. The van der Waals surface area contributed by atoms with Gasteiger partial charge in [0, 0.05) is 0 Å². The lowest BCUT2D eigenvalue weighted by Crippen LogP contribution is -2.17. The van der Waals surface area contributed by atoms with Gasteiger partial charge in [0.1, 0.15) is 11.4 Å². The Morgan fingerprint density at radius 3 is 2.63 bits per heavy atom. The molecule has 0 spiro atoms. The zero-order chi connectivity index (χ0) is 14.2. The molecule has 2 rings (SSSR count). The molecular weight excluding hydrogens is 254 g/mol. The van der Waals surface area contributed by atoms with Crippen molar-refractivity contribution < 1.29 is 13.6 Å². The third-order valence-corrected chi connectivity index (χ3v) is 2.71. The summed E-state index contributed by atoms with van der Waals surface area (Å²) in [4.78, 5) is 11.9. The van der Waals surface area contributed by atoms with Crippen molar-refractivity contribution in [1.29, 1.82) is 0 Å². The van der Waals surface area contributed by atoms with Crippen LogP contribution in [-0.4, -0.2) is 16.1 Å². The van der Waals surface area contributed by atoms with Gasteiger partial charge in [0.15, 0.2) is 5.82 Å². The number of halogens is 2. The van der Waals surface area contributed by atoms with Crippen LogP contribution in [0.4, 0.5) is 20.2 Å². The Morgan fingerprint density at radius 1 is 1.37 bits per heavy atom. The Morgan fingerprint density at radius 2 is 2.05 bits per heavy atom. The second-order valence-electron chi connectivity index (χ2n) is 4.09. The van der Waals surface area contributed by atoms with E-state index in [-0.39, 0.29) is 5.69 Å². The Labute approximate surface area is 107 Å². The Kier molecular flexibility index (Phi) is 3.20. The third kappa shape index (κ3) is 2.26. The molecule has 100 valence electrons. The number of aromatic nitrogens is 2. The number of hydrogen-bond acceptors (Lipinski definition) is 3. The zero-order valence-electron chi connectivity index (χ0n) is 10.3. The number of H-pyrrole nitrogens is 1. The molecule has 2 aromatic rings. The normalized spacial score (nSPS) is 10.5. The summed E-state index contributed by atoms with van der Waals surface area (Å²) in [6.45, 7) is 3.34.